The average molecular weight is 330 g/mol. The first kappa shape index (κ1) is 18.2. The first-order valence-electron chi connectivity index (χ1n) is 8.56. The lowest BCUT2D eigenvalue weighted by Gasteiger charge is -2.35. The Morgan fingerprint density at radius 2 is 1.33 bits per heavy atom. The fraction of sp³-hybridized carbons (Fsp3) is 0.526. The van der Waals surface area contributed by atoms with Crippen molar-refractivity contribution in [1.29, 1.82) is 0 Å². The molecule has 0 saturated carbocycles. The summed E-state index contributed by atoms with van der Waals surface area (Å²) in [6.07, 6.45) is 1.82. The third kappa shape index (κ3) is 5.48. The van der Waals surface area contributed by atoms with Crippen molar-refractivity contribution in [2.45, 2.75) is 39.5 Å². The predicted molar refractivity (Wildman–Crippen MR) is 92.6 cm³/mol. The van der Waals surface area contributed by atoms with Gasteiger partial charge in [-0.15, -0.1) is 0 Å². The van der Waals surface area contributed by atoms with Crippen LogP contribution in [0.3, 0.4) is 0 Å². The molecule has 1 aromatic rings. The van der Waals surface area contributed by atoms with Gasteiger partial charge in [-0.2, -0.15) is 0 Å². The van der Waals surface area contributed by atoms with E-state index in [1.807, 2.05) is 11.8 Å². The Morgan fingerprint density at radius 1 is 0.833 bits per heavy atom. The van der Waals surface area contributed by atoms with E-state index in [0.29, 0.717) is 39.0 Å². The second-order valence-electron chi connectivity index (χ2n) is 6.45. The van der Waals surface area contributed by atoms with Crippen molar-refractivity contribution in [3.63, 3.8) is 0 Å². The van der Waals surface area contributed by atoms with Gasteiger partial charge in [-0.05, 0) is 25.8 Å². The van der Waals surface area contributed by atoms with Crippen LogP contribution in [-0.4, -0.2) is 53.6 Å². The Hall–Kier alpha value is -2.17. The molecule has 1 heterocycles. The average Bonchev–Trinajstić information content (AvgIpc) is 2.59. The van der Waals surface area contributed by atoms with Crippen LogP contribution in [0.2, 0.25) is 0 Å². The van der Waals surface area contributed by atoms with Crippen LogP contribution in [0.15, 0.2) is 24.3 Å². The summed E-state index contributed by atoms with van der Waals surface area (Å²) in [4.78, 5) is 38.8. The first-order valence-corrected chi connectivity index (χ1v) is 8.56. The minimum atomic E-state index is 0.0111. The van der Waals surface area contributed by atoms with E-state index in [2.05, 4.69) is 24.3 Å². The summed E-state index contributed by atoms with van der Waals surface area (Å²) in [5.41, 5.74) is 2.39. The van der Waals surface area contributed by atoms with Gasteiger partial charge in [-0.25, -0.2) is 0 Å². The number of piperazine rings is 1. The van der Waals surface area contributed by atoms with E-state index in [9.17, 15) is 14.4 Å². The van der Waals surface area contributed by atoms with Gasteiger partial charge < -0.3 is 14.6 Å². The van der Waals surface area contributed by atoms with E-state index in [4.69, 9.17) is 0 Å². The molecule has 0 bridgehead atoms. The van der Waals surface area contributed by atoms with Crippen LogP contribution in [0.1, 0.15) is 37.3 Å². The number of hydrogen-bond acceptors (Lipinski definition) is 3. The molecule has 0 spiro atoms. The summed E-state index contributed by atoms with van der Waals surface area (Å²) >= 11 is 0. The SMILES string of the molecule is CC(=O)CCC(=O)N1CCN(C(=O)CCc2ccc(C)cc2)CC1. The Balaban J connectivity index is 1.73. The third-order valence-corrected chi connectivity index (χ3v) is 4.42. The molecule has 130 valence electrons. The van der Waals surface area contributed by atoms with Crippen molar-refractivity contribution >= 4 is 17.6 Å². The number of Topliss-reactive ketones (excluding diaryl/α,β-unsaturated/α-hetero) is 1. The molecule has 5 heteroatoms. The lowest BCUT2D eigenvalue weighted by Crippen LogP contribution is -2.50. The number of amides is 2. The molecule has 2 rings (SSSR count). The Bertz CT molecular complexity index is 587. The van der Waals surface area contributed by atoms with Gasteiger partial charge in [0.15, 0.2) is 0 Å². The molecular formula is C19H26N2O3. The quantitative estimate of drug-likeness (QED) is 0.801. The molecule has 2 amide bonds. The van der Waals surface area contributed by atoms with Gasteiger partial charge in [0, 0.05) is 45.4 Å². The largest absolute Gasteiger partial charge is 0.339 e. The van der Waals surface area contributed by atoms with Gasteiger partial charge in [0.2, 0.25) is 11.8 Å². The lowest BCUT2D eigenvalue weighted by molar-refractivity contribution is -0.140. The molecular weight excluding hydrogens is 304 g/mol. The van der Waals surface area contributed by atoms with Crippen molar-refractivity contribution in [2.75, 3.05) is 26.2 Å². The van der Waals surface area contributed by atoms with Crippen LogP contribution in [-0.2, 0) is 20.8 Å². The Morgan fingerprint density at radius 3 is 1.83 bits per heavy atom. The summed E-state index contributed by atoms with van der Waals surface area (Å²) in [5.74, 6) is 0.191. The Labute approximate surface area is 143 Å². The third-order valence-electron chi connectivity index (χ3n) is 4.42. The first-order chi connectivity index (χ1) is 11.5. The van der Waals surface area contributed by atoms with Gasteiger partial charge in [0.05, 0.1) is 0 Å². The van der Waals surface area contributed by atoms with Crippen molar-refractivity contribution in [3.8, 4) is 0 Å². The standard InChI is InChI=1S/C19H26N2O3/c1-15-3-6-17(7-4-15)8-10-19(24)21-13-11-20(12-14-21)18(23)9-5-16(2)22/h3-4,6-7H,5,8-14H2,1-2H3. The van der Waals surface area contributed by atoms with E-state index >= 15 is 0 Å². The second kappa shape index (κ2) is 8.62. The van der Waals surface area contributed by atoms with Crippen LogP contribution < -0.4 is 0 Å². The molecule has 0 aliphatic carbocycles. The molecule has 0 N–H and O–H groups in total. The maximum absolute atomic E-state index is 12.3. The predicted octanol–water partition coefficient (Wildman–Crippen LogP) is 1.97. The number of aryl methyl sites for hydroxylation is 2. The van der Waals surface area contributed by atoms with E-state index in [1.54, 1.807) is 4.90 Å². The van der Waals surface area contributed by atoms with E-state index < -0.39 is 0 Å². The minimum Gasteiger partial charge on any atom is -0.339 e. The van der Waals surface area contributed by atoms with Crippen molar-refractivity contribution in [1.82, 2.24) is 9.80 Å². The molecule has 1 aliphatic rings. The number of nitrogens with zero attached hydrogens (tertiary/aromatic N) is 2. The van der Waals surface area contributed by atoms with Gasteiger partial charge in [-0.3, -0.25) is 9.59 Å². The molecule has 0 unspecified atom stereocenters. The highest BCUT2D eigenvalue weighted by atomic mass is 16.2. The number of ketones is 1. The normalized spacial score (nSPS) is 14.6. The fourth-order valence-electron chi connectivity index (χ4n) is 2.81. The molecule has 5 nitrogen and oxygen atoms in total. The highest BCUT2D eigenvalue weighted by molar-refractivity contribution is 5.84. The highest BCUT2D eigenvalue weighted by Gasteiger charge is 2.23. The number of carbonyl (C=O) groups is 3. The minimum absolute atomic E-state index is 0.0111. The van der Waals surface area contributed by atoms with Crippen LogP contribution in [0.25, 0.3) is 0 Å². The molecule has 1 fully saturated rings. The maximum atomic E-state index is 12.3. The van der Waals surface area contributed by atoms with E-state index in [-0.39, 0.29) is 24.0 Å². The zero-order chi connectivity index (χ0) is 17.5. The van der Waals surface area contributed by atoms with Crippen molar-refractivity contribution in [3.05, 3.63) is 35.4 Å². The number of carbonyl (C=O) groups excluding carboxylic acids is 3. The molecule has 0 aromatic heterocycles. The number of benzene rings is 1. The van der Waals surface area contributed by atoms with Crippen molar-refractivity contribution in [2.24, 2.45) is 0 Å². The summed E-state index contributed by atoms with van der Waals surface area (Å²) in [5, 5.41) is 0. The van der Waals surface area contributed by atoms with Gasteiger partial charge in [-0.1, -0.05) is 29.8 Å². The van der Waals surface area contributed by atoms with Gasteiger partial charge >= 0.3 is 0 Å². The van der Waals surface area contributed by atoms with Crippen molar-refractivity contribution < 1.29 is 14.4 Å². The molecule has 1 aliphatic heterocycles. The van der Waals surface area contributed by atoms with Gasteiger partial charge in [0.1, 0.15) is 5.78 Å². The maximum Gasteiger partial charge on any atom is 0.223 e. The lowest BCUT2D eigenvalue weighted by atomic mass is 10.1. The highest BCUT2D eigenvalue weighted by Crippen LogP contribution is 2.10. The molecule has 1 aromatic carbocycles. The summed E-state index contributed by atoms with van der Waals surface area (Å²) in [7, 11) is 0. The Kier molecular flexibility index (Phi) is 6.53. The van der Waals surface area contributed by atoms with Crippen LogP contribution >= 0.6 is 0 Å². The molecule has 1 saturated heterocycles. The van der Waals surface area contributed by atoms with E-state index in [1.165, 1.54) is 18.1 Å². The second-order valence-corrected chi connectivity index (χ2v) is 6.45. The van der Waals surface area contributed by atoms with Crippen LogP contribution in [0.4, 0.5) is 0 Å². The summed E-state index contributed by atoms with van der Waals surface area (Å²) in [6, 6.07) is 8.25. The summed E-state index contributed by atoms with van der Waals surface area (Å²) in [6.45, 7) is 5.83. The smallest absolute Gasteiger partial charge is 0.223 e. The van der Waals surface area contributed by atoms with E-state index in [0.717, 1.165) is 6.42 Å². The zero-order valence-electron chi connectivity index (χ0n) is 14.6. The topological polar surface area (TPSA) is 57.7 Å². The van der Waals surface area contributed by atoms with Gasteiger partial charge in [0.25, 0.3) is 0 Å². The molecule has 24 heavy (non-hydrogen) atoms. The summed E-state index contributed by atoms with van der Waals surface area (Å²) < 4.78 is 0. The molecule has 0 atom stereocenters. The number of rotatable bonds is 6. The van der Waals surface area contributed by atoms with Crippen LogP contribution in [0, 0.1) is 6.92 Å². The zero-order valence-corrected chi connectivity index (χ0v) is 14.6. The monoisotopic (exact) mass is 330 g/mol. The fourth-order valence-corrected chi connectivity index (χ4v) is 2.81. The molecule has 0 radical (unpaired) electrons. The number of hydrogen-bond donors (Lipinski definition) is 0. The van der Waals surface area contributed by atoms with Crippen LogP contribution in [0.5, 0.6) is 0 Å².